The SMILES string of the molecule is CCCCCCCCCCCC(N)=NC[C@H]1O[C@H](O[C@H]2O[C@H](CN)[C@@H](O)[C@H](O)[C@H]2O)[C@H](O)[C@@H](O)[C@@H]1O. The van der Waals surface area contributed by atoms with Gasteiger partial charge in [0.1, 0.15) is 48.8 Å². The van der Waals surface area contributed by atoms with E-state index in [-0.39, 0.29) is 13.1 Å². The van der Waals surface area contributed by atoms with Crippen molar-refractivity contribution in [3.05, 3.63) is 0 Å². The van der Waals surface area contributed by atoms with Crippen LogP contribution in [-0.2, 0) is 14.2 Å². The first-order chi connectivity index (χ1) is 17.2. The molecule has 2 aliphatic heterocycles. The molecule has 0 radical (unpaired) electrons. The molecule has 2 rings (SSSR count). The number of aliphatic imine (C=N–C) groups is 1. The number of nitrogens with two attached hydrogens (primary N) is 2. The standard InChI is InChI=1S/C24H47N3O9/c1-2-3-4-5-6-7-8-9-10-11-16(26)27-13-15-18(29)20(31)22(33)24(35-15)36-23-21(32)19(30)17(28)14(12-25)34-23/h14-15,17-24,28-33H,2-13,25H2,1H3,(H2,26,27)/t14-,15-,17-,18-,19+,20+,21-,22-,23-,24-/m1/s1. The van der Waals surface area contributed by atoms with E-state index in [4.69, 9.17) is 25.7 Å². The number of aliphatic hydroxyl groups is 6. The Hall–Kier alpha value is -0.930. The highest BCUT2D eigenvalue weighted by molar-refractivity contribution is 5.80. The van der Waals surface area contributed by atoms with E-state index in [1.165, 1.54) is 38.5 Å². The summed E-state index contributed by atoms with van der Waals surface area (Å²) in [5.74, 6) is 0.403. The van der Waals surface area contributed by atoms with Crippen molar-refractivity contribution in [1.82, 2.24) is 0 Å². The molecule has 36 heavy (non-hydrogen) atoms. The average molecular weight is 522 g/mol. The van der Waals surface area contributed by atoms with Crippen molar-refractivity contribution in [2.45, 2.75) is 133 Å². The summed E-state index contributed by atoms with van der Waals surface area (Å²) in [4.78, 5) is 4.26. The second kappa shape index (κ2) is 16.1. The summed E-state index contributed by atoms with van der Waals surface area (Å²) in [5, 5.41) is 61.1. The average Bonchev–Trinajstić information content (AvgIpc) is 2.87. The number of ether oxygens (including phenoxy) is 3. The van der Waals surface area contributed by atoms with Gasteiger partial charge in [0.05, 0.1) is 12.4 Å². The molecular weight excluding hydrogens is 474 g/mol. The van der Waals surface area contributed by atoms with Crippen molar-refractivity contribution >= 4 is 5.84 Å². The first-order valence-corrected chi connectivity index (χ1v) is 13.2. The molecule has 0 aromatic heterocycles. The van der Waals surface area contributed by atoms with Crippen LogP contribution in [0.15, 0.2) is 4.99 Å². The monoisotopic (exact) mass is 521 g/mol. The zero-order valence-electron chi connectivity index (χ0n) is 21.3. The van der Waals surface area contributed by atoms with E-state index < -0.39 is 61.4 Å². The molecule has 0 unspecified atom stereocenters. The van der Waals surface area contributed by atoms with Gasteiger partial charge in [0.2, 0.25) is 0 Å². The molecule has 2 saturated heterocycles. The fourth-order valence-corrected chi connectivity index (χ4v) is 4.44. The number of aliphatic hydroxyl groups excluding tert-OH is 6. The first-order valence-electron chi connectivity index (χ1n) is 13.2. The molecule has 12 nitrogen and oxygen atoms in total. The lowest BCUT2D eigenvalue weighted by Crippen LogP contribution is -2.64. The highest BCUT2D eigenvalue weighted by Crippen LogP contribution is 2.28. The summed E-state index contributed by atoms with van der Waals surface area (Å²) in [5.41, 5.74) is 11.5. The molecule has 0 aromatic rings. The minimum atomic E-state index is -1.67. The van der Waals surface area contributed by atoms with Crippen molar-refractivity contribution < 1.29 is 44.8 Å². The molecule has 0 aromatic carbocycles. The van der Waals surface area contributed by atoms with Crippen LogP contribution < -0.4 is 11.5 Å². The zero-order valence-corrected chi connectivity index (χ0v) is 21.3. The molecule has 0 aliphatic carbocycles. The quantitative estimate of drug-likeness (QED) is 0.0732. The fraction of sp³-hybridized carbons (Fsp3) is 0.958. The topological polar surface area (TPSA) is 213 Å². The summed E-state index contributed by atoms with van der Waals surface area (Å²) >= 11 is 0. The molecular formula is C24H47N3O9. The van der Waals surface area contributed by atoms with Crippen molar-refractivity contribution in [3.63, 3.8) is 0 Å². The third kappa shape index (κ3) is 9.12. The third-order valence-electron chi connectivity index (χ3n) is 6.85. The molecule has 10 atom stereocenters. The lowest BCUT2D eigenvalue weighted by molar-refractivity contribution is -0.371. The smallest absolute Gasteiger partial charge is 0.189 e. The molecule has 2 aliphatic rings. The summed E-state index contributed by atoms with van der Waals surface area (Å²) in [6.45, 7) is 1.98. The molecule has 212 valence electrons. The minimum Gasteiger partial charge on any atom is -0.388 e. The van der Waals surface area contributed by atoms with Gasteiger partial charge in [-0.15, -0.1) is 0 Å². The maximum atomic E-state index is 10.3. The molecule has 0 spiro atoms. The largest absolute Gasteiger partial charge is 0.388 e. The Kier molecular flexibility index (Phi) is 14.0. The molecule has 0 saturated carbocycles. The van der Waals surface area contributed by atoms with Crippen molar-refractivity contribution in [2.75, 3.05) is 13.1 Å². The Labute approximate surface area is 213 Å². The van der Waals surface area contributed by atoms with Crippen LogP contribution in [0.25, 0.3) is 0 Å². The number of rotatable bonds is 15. The van der Waals surface area contributed by atoms with Crippen LogP contribution in [0, 0.1) is 0 Å². The fourth-order valence-electron chi connectivity index (χ4n) is 4.44. The van der Waals surface area contributed by atoms with Gasteiger partial charge < -0.3 is 56.3 Å². The van der Waals surface area contributed by atoms with Gasteiger partial charge in [-0.3, -0.25) is 4.99 Å². The van der Waals surface area contributed by atoms with Crippen molar-refractivity contribution in [3.8, 4) is 0 Å². The predicted octanol–water partition coefficient (Wildman–Crippen LogP) is -1.14. The van der Waals surface area contributed by atoms with Crippen LogP contribution in [0.3, 0.4) is 0 Å². The predicted molar refractivity (Wildman–Crippen MR) is 132 cm³/mol. The van der Waals surface area contributed by atoms with E-state index in [1.807, 2.05) is 0 Å². The minimum absolute atomic E-state index is 0.0745. The van der Waals surface area contributed by atoms with Gasteiger partial charge in [-0.1, -0.05) is 58.3 Å². The van der Waals surface area contributed by atoms with Gasteiger partial charge in [-0.05, 0) is 6.42 Å². The van der Waals surface area contributed by atoms with E-state index in [0.29, 0.717) is 12.3 Å². The van der Waals surface area contributed by atoms with Crippen LogP contribution in [-0.4, -0.2) is 111 Å². The Morgan fingerprint density at radius 1 is 0.694 bits per heavy atom. The Balaban J connectivity index is 1.81. The second-order valence-corrected chi connectivity index (χ2v) is 9.81. The molecule has 10 N–H and O–H groups in total. The van der Waals surface area contributed by atoms with Crippen LogP contribution in [0.2, 0.25) is 0 Å². The summed E-state index contributed by atoms with van der Waals surface area (Å²) in [6.07, 6.45) is -3.19. The lowest BCUT2D eigenvalue weighted by Gasteiger charge is -2.44. The molecule has 0 bridgehead atoms. The summed E-state index contributed by atoms with van der Waals surface area (Å²) in [6, 6.07) is 0. The third-order valence-corrected chi connectivity index (χ3v) is 6.85. The summed E-state index contributed by atoms with van der Waals surface area (Å²) in [7, 11) is 0. The number of amidine groups is 1. The van der Waals surface area contributed by atoms with Crippen molar-refractivity contribution in [1.29, 1.82) is 0 Å². The summed E-state index contributed by atoms with van der Waals surface area (Å²) < 4.78 is 16.5. The van der Waals surface area contributed by atoms with Gasteiger partial charge in [-0.25, -0.2) is 0 Å². The molecule has 12 heteroatoms. The van der Waals surface area contributed by atoms with E-state index in [0.717, 1.165) is 19.3 Å². The van der Waals surface area contributed by atoms with Crippen LogP contribution in [0.5, 0.6) is 0 Å². The number of hydrogen-bond acceptors (Lipinski definition) is 11. The van der Waals surface area contributed by atoms with Crippen LogP contribution >= 0.6 is 0 Å². The van der Waals surface area contributed by atoms with E-state index in [9.17, 15) is 30.6 Å². The van der Waals surface area contributed by atoms with E-state index in [2.05, 4.69) is 11.9 Å². The lowest BCUT2D eigenvalue weighted by atomic mass is 9.97. The molecule has 2 fully saturated rings. The van der Waals surface area contributed by atoms with Crippen molar-refractivity contribution in [2.24, 2.45) is 16.5 Å². The highest BCUT2D eigenvalue weighted by atomic mass is 16.8. The van der Waals surface area contributed by atoms with Gasteiger partial charge in [0.15, 0.2) is 12.6 Å². The molecule has 2 heterocycles. The van der Waals surface area contributed by atoms with E-state index in [1.54, 1.807) is 0 Å². The Bertz CT molecular complexity index is 642. The van der Waals surface area contributed by atoms with Gasteiger partial charge in [0.25, 0.3) is 0 Å². The van der Waals surface area contributed by atoms with Crippen LogP contribution in [0.1, 0.15) is 71.1 Å². The highest BCUT2D eigenvalue weighted by Gasteiger charge is 2.49. The van der Waals surface area contributed by atoms with Gasteiger partial charge in [-0.2, -0.15) is 0 Å². The van der Waals surface area contributed by atoms with E-state index >= 15 is 0 Å². The van der Waals surface area contributed by atoms with Crippen LogP contribution in [0.4, 0.5) is 0 Å². The van der Waals surface area contributed by atoms with Gasteiger partial charge in [0, 0.05) is 13.0 Å². The normalized spacial score (nSPS) is 37.8. The van der Waals surface area contributed by atoms with Gasteiger partial charge >= 0.3 is 0 Å². The Morgan fingerprint density at radius 3 is 1.69 bits per heavy atom. The zero-order chi connectivity index (χ0) is 26.7. The Morgan fingerprint density at radius 2 is 1.17 bits per heavy atom. The maximum Gasteiger partial charge on any atom is 0.189 e. The number of unbranched alkanes of at least 4 members (excludes halogenated alkanes) is 8. The molecule has 0 amide bonds. The second-order valence-electron chi connectivity index (χ2n) is 9.81. The number of nitrogens with zero attached hydrogens (tertiary/aromatic N) is 1. The maximum absolute atomic E-state index is 10.3. The number of hydrogen-bond donors (Lipinski definition) is 8. The first kappa shape index (κ1) is 31.3.